The summed E-state index contributed by atoms with van der Waals surface area (Å²) in [5, 5.41) is 2.50. The van der Waals surface area contributed by atoms with Crippen molar-refractivity contribution in [1.29, 1.82) is 0 Å². The highest BCUT2D eigenvalue weighted by Crippen LogP contribution is 2.25. The Morgan fingerprint density at radius 1 is 1.08 bits per heavy atom. The standard InChI is InChI=1S/C20H21ClN2O2/c1-23(2)11-10-22-18-13-20(14-4-7-16(24-3)8-5-14)25-19-9-6-15(21)12-17(18)19/h4-9,12-13H,10-11H2,1-3H3/p+1. The molecule has 0 unspecified atom stereocenters. The van der Waals surface area contributed by atoms with Crippen molar-refractivity contribution in [2.24, 2.45) is 4.99 Å². The summed E-state index contributed by atoms with van der Waals surface area (Å²) in [5.41, 5.74) is 1.75. The minimum absolute atomic E-state index is 0.676. The Hall–Kier alpha value is -2.30. The Labute approximate surface area is 152 Å². The number of hydrogen-bond acceptors (Lipinski definition) is 3. The van der Waals surface area contributed by atoms with Crippen LogP contribution in [0.3, 0.4) is 0 Å². The van der Waals surface area contributed by atoms with E-state index in [1.165, 1.54) is 4.90 Å². The van der Waals surface area contributed by atoms with E-state index in [1.807, 2.05) is 48.5 Å². The van der Waals surface area contributed by atoms with Crippen LogP contribution in [0.5, 0.6) is 5.75 Å². The number of quaternary nitrogens is 1. The van der Waals surface area contributed by atoms with Gasteiger partial charge in [-0.25, -0.2) is 0 Å². The number of hydrogen-bond donors (Lipinski definition) is 1. The molecule has 0 saturated heterocycles. The Bertz CT molecular complexity index is 931. The first-order valence-electron chi connectivity index (χ1n) is 8.24. The molecule has 0 aliphatic rings. The predicted molar refractivity (Wildman–Crippen MR) is 101 cm³/mol. The van der Waals surface area contributed by atoms with Gasteiger partial charge >= 0.3 is 0 Å². The number of fused-ring (bicyclic) bond motifs is 1. The minimum atomic E-state index is 0.676. The lowest BCUT2D eigenvalue weighted by Crippen LogP contribution is -3.06. The smallest absolute Gasteiger partial charge is 0.136 e. The van der Waals surface area contributed by atoms with Gasteiger partial charge in [-0.1, -0.05) is 11.6 Å². The maximum atomic E-state index is 6.16. The van der Waals surface area contributed by atoms with Gasteiger partial charge in [0.1, 0.15) is 17.1 Å². The third-order valence-electron chi connectivity index (χ3n) is 3.97. The Morgan fingerprint density at radius 2 is 1.84 bits per heavy atom. The molecular formula is C20H22ClN2O2+. The lowest BCUT2D eigenvalue weighted by Gasteiger charge is -2.07. The summed E-state index contributed by atoms with van der Waals surface area (Å²) < 4.78 is 11.3. The van der Waals surface area contributed by atoms with Crippen LogP contribution in [0.25, 0.3) is 22.3 Å². The van der Waals surface area contributed by atoms with E-state index < -0.39 is 0 Å². The quantitative estimate of drug-likeness (QED) is 0.762. The first-order valence-corrected chi connectivity index (χ1v) is 8.62. The highest BCUT2D eigenvalue weighted by atomic mass is 35.5. The van der Waals surface area contributed by atoms with E-state index in [0.29, 0.717) is 5.02 Å². The van der Waals surface area contributed by atoms with Gasteiger partial charge in [-0.3, -0.25) is 4.99 Å². The minimum Gasteiger partial charge on any atom is -0.497 e. The van der Waals surface area contributed by atoms with Crippen LogP contribution >= 0.6 is 11.6 Å². The fourth-order valence-electron chi connectivity index (χ4n) is 2.57. The van der Waals surface area contributed by atoms with E-state index in [4.69, 9.17) is 25.7 Å². The van der Waals surface area contributed by atoms with Gasteiger partial charge in [-0.2, -0.15) is 0 Å². The van der Waals surface area contributed by atoms with E-state index in [1.54, 1.807) is 7.11 Å². The first kappa shape index (κ1) is 17.5. The van der Waals surface area contributed by atoms with E-state index >= 15 is 0 Å². The van der Waals surface area contributed by atoms with Crippen molar-refractivity contribution < 1.29 is 14.1 Å². The van der Waals surface area contributed by atoms with Gasteiger partial charge in [0, 0.05) is 22.0 Å². The Kier molecular flexibility index (Phi) is 5.41. The number of likely N-dealkylation sites (N-methyl/N-ethyl adjacent to an activating group) is 1. The largest absolute Gasteiger partial charge is 0.497 e. The molecule has 0 atom stereocenters. The van der Waals surface area contributed by atoms with E-state index in [9.17, 15) is 0 Å². The second-order valence-electron chi connectivity index (χ2n) is 6.20. The molecule has 0 aliphatic heterocycles. The van der Waals surface area contributed by atoms with Crippen LogP contribution in [-0.4, -0.2) is 34.3 Å². The van der Waals surface area contributed by atoms with Crippen LogP contribution in [0, 0.1) is 0 Å². The van der Waals surface area contributed by atoms with Gasteiger partial charge in [0.2, 0.25) is 0 Å². The molecule has 0 aliphatic carbocycles. The number of rotatable bonds is 5. The lowest BCUT2D eigenvalue weighted by molar-refractivity contribution is -0.856. The van der Waals surface area contributed by atoms with Crippen molar-refractivity contribution in [3.05, 3.63) is 58.9 Å². The van der Waals surface area contributed by atoms with Gasteiger partial charge < -0.3 is 14.1 Å². The highest BCUT2D eigenvalue weighted by molar-refractivity contribution is 6.31. The number of ether oxygens (including phenoxy) is 1. The number of nitrogens with zero attached hydrogens (tertiary/aromatic N) is 1. The summed E-state index contributed by atoms with van der Waals surface area (Å²) in [6, 6.07) is 15.4. The predicted octanol–water partition coefficient (Wildman–Crippen LogP) is 2.81. The Morgan fingerprint density at radius 3 is 2.52 bits per heavy atom. The maximum Gasteiger partial charge on any atom is 0.136 e. The summed E-state index contributed by atoms with van der Waals surface area (Å²) in [5.74, 6) is 1.59. The molecule has 1 heterocycles. The fraction of sp³-hybridized carbons (Fsp3) is 0.250. The summed E-state index contributed by atoms with van der Waals surface area (Å²) in [6.07, 6.45) is 0. The maximum absolute atomic E-state index is 6.16. The summed E-state index contributed by atoms with van der Waals surface area (Å²) in [7, 11) is 5.89. The highest BCUT2D eigenvalue weighted by Gasteiger charge is 2.07. The molecule has 4 nitrogen and oxygen atoms in total. The van der Waals surface area contributed by atoms with Crippen LogP contribution in [0.4, 0.5) is 0 Å². The molecule has 1 N–H and O–H groups in total. The monoisotopic (exact) mass is 357 g/mol. The van der Waals surface area contributed by atoms with E-state index in [2.05, 4.69) is 14.1 Å². The summed E-state index contributed by atoms with van der Waals surface area (Å²) in [4.78, 5) is 6.13. The fourth-order valence-corrected chi connectivity index (χ4v) is 2.74. The normalized spacial score (nSPS) is 12.1. The van der Waals surface area contributed by atoms with Crippen molar-refractivity contribution in [3.63, 3.8) is 0 Å². The molecule has 0 bridgehead atoms. The van der Waals surface area contributed by atoms with E-state index in [-0.39, 0.29) is 0 Å². The molecule has 25 heavy (non-hydrogen) atoms. The van der Waals surface area contributed by atoms with Crippen LogP contribution in [0.1, 0.15) is 0 Å². The third-order valence-corrected chi connectivity index (χ3v) is 4.21. The van der Waals surface area contributed by atoms with Crippen molar-refractivity contribution in [1.82, 2.24) is 0 Å². The zero-order valence-corrected chi connectivity index (χ0v) is 15.4. The number of halogens is 1. The average molecular weight is 358 g/mol. The van der Waals surface area contributed by atoms with Crippen molar-refractivity contribution in [2.45, 2.75) is 0 Å². The van der Waals surface area contributed by atoms with Gasteiger partial charge in [0.15, 0.2) is 0 Å². The number of nitrogens with one attached hydrogen (secondary N) is 1. The molecular weight excluding hydrogens is 336 g/mol. The Balaban J connectivity index is 2.11. The topological polar surface area (TPSA) is 39.2 Å². The molecule has 0 fully saturated rings. The molecule has 2 aromatic carbocycles. The molecule has 130 valence electrons. The molecule has 0 spiro atoms. The molecule has 0 saturated carbocycles. The van der Waals surface area contributed by atoms with Gasteiger partial charge in [0.05, 0.1) is 39.7 Å². The zero-order chi connectivity index (χ0) is 17.8. The van der Waals surface area contributed by atoms with Crippen LogP contribution in [-0.2, 0) is 0 Å². The molecule has 0 radical (unpaired) electrons. The molecule has 5 heteroatoms. The van der Waals surface area contributed by atoms with Crippen LogP contribution in [0.15, 0.2) is 57.9 Å². The summed E-state index contributed by atoms with van der Waals surface area (Å²) >= 11 is 6.16. The average Bonchev–Trinajstić information content (AvgIpc) is 2.61. The molecule has 0 amide bonds. The van der Waals surface area contributed by atoms with Crippen molar-refractivity contribution >= 4 is 22.6 Å². The van der Waals surface area contributed by atoms with E-state index in [0.717, 1.165) is 46.5 Å². The van der Waals surface area contributed by atoms with Crippen LogP contribution in [0.2, 0.25) is 5.02 Å². The molecule has 3 aromatic rings. The third kappa shape index (κ3) is 4.21. The van der Waals surface area contributed by atoms with Crippen molar-refractivity contribution in [3.8, 4) is 17.1 Å². The van der Waals surface area contributed by atoms with Crippen LogP contribution < -0.4 is 15.0 Å². The first-order chi connectivity index (χ1) is 12.1. The van der Waals surface area contributed by atoms with Crippen molar-refractivity contribution in [2.75, 3.05) is 34.3 Å². The number of benzene rings is 2. The van der Waals surface area contributed by atoms with Gasteiger partial charge in [-0.15, -0.1) is 0 Å². The summed E-state index contributed by atoms with van der Waals surface area (Å²) in [6.45, 7) is 1.71. The number of methoxy groups -OCH3 is 1. The molecule has 1 aromatic heterocycles. The SMILES string of the molecule is COc1ccc(-c2cc(=NCC[NH+](C)C)c3cc(Cl)ccc3o2)cc1. The van der Waals surface area contributed by atoms with Gasteiger partial charge in [0.25, 0.3) is 0 Å². The lowest BCUT2D eigenvalue weighted by atomic mass is 10.1. The zero-order valence-electron chi connectivity index (χ0n) is 14.7. The second-order valence-corrected chi connectivity index (χ2v) is 6.64. The van der Waals surface area contributed by atoms with Gasteiger partial charge in [-0.05, 0) is 42.5 Å². The molecule has 3 rings (SSSR count). The second kappa shape index (κ2) is 7.72.